The van der Waals surface area contributed by atoms with Crippen molar-refractivity contribution in [2.45, 2.75) is 238 Å². The molecular formula is C53H94O4. The average Bonchev–Trinajstić information content (AvgIpc) is 3.22. The molecule has 4 heteroatoms. The van der Waals surface area contributed by atoms with E-state index < -0.39 is 6.10 Å². The van der Waals surface area contributed by atoms with Gasteiger partial charge in [-0.15, -0.1) is 0 Å². The maximum Gasteiger partial charge on any atom is 0.306 e. The summed E-state index contributed by atoms with van der Waals surface area (Å²) < 4.78 is 11.2. The lowest BCUT2D eigenvalue weighted by atomic mass is 10.0. The number of unbranched alkanes of at least 4 members (excludes halogenated alkanes) is 25. The standard InChI is InChI=1S/C53H94O4/c1-3-5-7-9-11-13-15-17-19-21-23-24-25-26-27-28-29-31-33-35-37-39-41-43-45-47-49-56-51-52(50-54)57-53(55)48-46-44-42-40-38-36-34-32-30-22-20-18-16-14-12-10-8-6-4-2/h5,7,11-14,17-20,23-24,52,54H,3-4,6,8-10,15-16,21-22,25-51H2,1-2H3/b7-5-,13-11-,14-12-,19-17-,20-18-,24-23-. The Morgan fingerprint density at radius 1 is 0.439 bits per heavy atom. The highest BCUT2D eigenvalue weighted by Crippen LogP contribution is 2.15. The number of esters is 1. The fraction of sp³-hybridized carbons (Fsp3) is 0.755. The zero-order chi connectivity index (χ0) is 41.2. The van der Waals surface area contributed by atoms with Crippen molar-refractivity contribution in [3.63, 3.8) is 0 Å². The van der Waals surface area contributed by atoms with Gasteiger partial charge in [-0.05, 0) is 83.5 Å². The number of ether oxygens (including phenoxy) is 2. The van der Waals surface area contributed by atoms with Gasteiger partial charge >= 0.3 is 5.97 Å². The molecule has 0 bridgehead atoms. The lowest BCUT2D eigenvalue weighted by Crippen LogP contribution is -2.27. The SMILES string of the molecule is CC/C=C\C/C=C\C/C=C\C/C=C\CCCCCCCCCCCCCCCOCC(CO)OC(=O)CCCCCCCCCCC/C=C\C/C=C\CCCCC. The highest BCUT2D eigenvalue weighted by molar-refractivity contribution is 5.69. The van der Waals surface area contributed by atoms with Crippen LogP contribution in [0.5, 0.6) is 0 Å². The molecule has 0 radical (unpaired) electrons. The third-order valence-electron chi connectivity index (χ3n) is 10.5. The molecule has 1 unspecified atom stereocenters. The smallest absolute Gasteiger partial charge is 0.306 e. The van der Waals surface area contributed by atoms with Crippen LogP contribution in [0.3, 0.4) is 0 Å². The Labute approximate surface area is 355 Å². The fourth-order valence-corrected chi connectivity index (χ4v) is 6.88. The predicted molar refractivity (Wildman–Crippen MR) is 251 cm³/mol. The summed E-state index contributed by atoms with van der Waals surface area (Å²) >= 11 is 0. The summed E-state index contributed by atoms with van der Waals surface area (Å²) in [5, 5.41) is 9.64. The van der Waals surface area contributed by atoms with Gasteiger partial charge in [0.15, 0.2) is 0 Å². The van der Waals surface area contributed by atoms with Gasteiger partial charge < -0.3 is 14.6 Å². The lowest BCUT2D eigenvalue weighted by molar-refractivity contribution is -0.154. The van der Waals surface area contributed by atoms with Crippen molar-refractivity contribution in [2.75, 3.05) is 19.8 Å². The van der Waals surface area contributed by atoms with Crippen molar-refractivity contribution < 1.29 is 19.4 Å². The van der Waals surface area contributed by atoms with Crippen LogP contribution < -0.4 is 0 Å². The first-order valence-corrected chi connectivity index (χ1v) is 24.5. The van der Waals surface area contributed by atoms with Crippen LogP contribution >= 0.6 is 0 Å². The molecule has 0 aliphatic carbocycles. The molecule has 0 aromatic carbocycles. The third-order valence-corrected chi connectivity index (χ3v) is 10.5. The molecule has 0 spiro atoms. The van der Waals surface area contributed by atoms with Gasteiger partial charge in [-0.2, -0.15) is 0 Å². The Hall–Kier alpha value is -2.17. The highest BCUT2D eigenvalue weighted by Gasteiger charge is 2.13. The van der Waals surface area contributed by atoms with E-state index >= 15 is 0 Å². The van der Waals surface area contributed by atoms with E-state index in [1.54, 1.807) is 0 Å². The molecule has 0 rings (SSSR count). The molecule has 1 atom stereocenters. The largest absolute Gasteiger partial charge is 0.457 e. The van der Waals surface area contributed by atoms with Crippen LogP contribution in [0.4, 0.5) is 0 Å². The Kier molecular flexibility index (Phi) is 48.1. The molecule has 0 heterocycles. The topological polar surface area (TPSA) is 55.8 Å². The highest BCUT2D eigenvalue weighted by atomic mass is 16.6. The molecule has 57 heavy (non-hydrogen) atoms. The average molecular weight is 795 g/mol. The second kappa shape index (κ2) is 50.0. The number of hydrogen-bond acceptors (Lipinski definition) is 4. The van der Waals surface area contributed by atoms with Crippen LogP contribution in [-0.2, 0) is 14.3 Å². The first-order valence-electron chi connectivity index (χ1n) is 24.5. The van der Waals surface area contributed by atoms with Gasteiger partial charge in [-0.3, -0.25) is 4.79 Å². The first kappa shape index (κ1) is 54.8. The zero-order valence-corrected chi connectivity index (χ0v) is 37.8. The van der Waals surface area contributed by atoms with Gasteiger partial charge in [0.25, 0.3) is 0 Å². The number of aliphatic hydroxyl groups excluding tert-OH is 1. The summed E-state index contributed by atoms with van der Waals surface area (Å²) in [5.41, 5.74) is 0. The van der Waals surface area contributed by atoms with E-state index in [1.165, 1.54) is 161 Å². The normalized spacial score (nSPS) is 13.0. The van der Waals surface area contributed by atoms with Gasteiger partial charge in [-0.1, -0.05) is 215 Å². The Morgan fingerprint density at radius 3 is 1.19 bits per heavy atom. The summed E-state index contributed by atoms with van der Waals surface area (Å²) in [5.74, 6) is -0.205. The van der Waals surface area contributed by atoms with Crippen LogP contribution in [0.1, 0.15) is 232 Å². The van der Waals surface area contributed by atoms with Crippen molar-refractivity contribution in [3.05, 3.63) is 72.9 Å². The van der Waals surface area contributed by atoms with Gasteiger partial charge in [0.05, 0.1) is 13.2 Å². The van der Waals surface area contributed by atoms with Crippen molar-refractivity contribution in [2.24, 2.45) is 0 Å². The van der Waals surface area contributed by atoms with Gasteiger partial charge in [0.2, 0.25) is 0 Å². The molecule has 0 fully saturated rings. The lowest BCUT2D eigenvalue weighted by Gasteiger charge is -2.16. The van der Waals surface area contributed by atoms with E-state index in [9.17, 15) is 9.90 Å². The van der Waals surface area contributed by atoms with Gasteiger partial charge in [0, 0.05) is 13.0 Å². The Morgan fingerprint density at radius 2 is 0.789 bits per heavy atom. The van der Waals surface area contributed by atoms with Crippen molar-refractivity contribution >= 4 is 5.97 Å². The second-order valence-electron chi connectivity index (χ2n) is 16.2. The molecule has 0 amide bonds. The maximum absolute atomic E-state index is 12.2. The number of allylic oxidation sites excluding steroid dienone is 12. The van der Waals surface area contributed by atoms with Crippen molar-refractivity contribution in [1.82, 2.24) is 0 Å². The quantitative estimate of drug-likeness (QED) is 0.0379. The van der Waals surface area contributed by atoms with E-state index in [4.69, 9.17) is 9.47 Å². The minimum atomic E-state index is -0.541. The molecule has 0 aromatic rings. The van der Waals surface area contributed by atoms with Crippen LogP contribution in [0.25, 0.3) is 0 Å². The molecule has 0 saturated carbocycles. The van der Waals surface area contributed by atoms with Crippen LogP contribution in [0.15, 0.2) is 72.9 Å². The number of carbonyl (C=O) groups is 1. The second-order valence-corrected chi connectivity index (χ2v) is 16.2. The van der Waals surface area contributed by atoms with E-state index in [0.717, 1.165) is 51.4 Å². The van der Waals surface area contributed by atoms with Crippen LogP contribution in [-0.4, -0.2) is 37.0 Å². The summed E-state index contributed by atoms with van der Waals surface area (Å²) in [6, 6.07) is 0. The third kappa shape index (κ3) is 48.1. The molecule has 0 aliphatic heterocycles. The fourth-order valence-electron chi connectivity index (χ4n) is 6.88. The molecule has 0 aliphatic rings. The molecular weight excluding hydrogens is 701 g/mol. The van der Waals surface area contributed by atoms with Crippen LogP contribution in [0.2, 0.25) is 0 Å². The van der Waals surface area contributed by atoms with Crippen LogP contribution in [0, 0.1) is 0 Å². The number of hydrogen-bond donors (Lipinski definition) is 1. The monoisotopic (exact) mass is 795 g/mol. The Bertz CT molecular complexity index is 973. The van der Waals surface area contributed by atoms with E-state index in [2.05, 4.69) is 86.8 Å². The van der Waals surface area contributed by atoms with E-state index in [1.807, 2.05) is 0 Å². The number of rotatable bonds is 45. The molecule has 0 aromatic heterocycles. The summed E-state index contributed by atoms with van der Waals surface area (Å²) in [6.07, 6.45) is 68.4. The minimum absolute atomic E-state index is 0.175. The van der Waals surface area contributed by atoms with E-state index in [0.29, 0.717) is 19.6 Å². The molecule has 1 N–H and O–H groups in total. The predicted octanol–water partition coefficient (Wildman–Crippen LogP) is 16.5. The minimum Gasteiger partial charge on any atom is -0.457 e. The first-order chi connectivity index (χ1) is 28.2. The van der Waals surface area contributed by atoms with Crippen molar-refractivity contribution in [3.8, 4) is 0 Å². The van der Waals surface area contributed by atoms with Crippen molar-refractivity contribution in [1.29, 1.82) is 0 Å². The maximum atomic E-state index is 12.2. The van der Waals surface area contributed by atoms with E-state index in [-0.39, 0.29) is 12.6 Å². The summed E-state index contributed by atoms with van der Waals surface area (Å²) in [6.45, 7) is 5.22. The molecule has 4 nitrogen and oxygen atoms in total. The Balaban J connectivity index is 3.42. The molecule has 330 valence electrons. The summed E-state index contributed by atoms with van der Waals surface area (Å²) in [7, 11) is 0. The van der Waals surface area contributed by atoms with Gasteiger partial charge in [0.1, 0.15) is 6.10 Å². The number of aliphatic hydroxyl groups is 1. The summed E-state index contributed by atoms with van der Waals surface area (Å²) in [4.78, 5) is 12.2. The zero-order valence-electron chi connectivity index (χ0n) is 37.8. The number of carbonyl (C=O) groups excluding carboxylic acids is 1. The van der Waals surface area contributed by atoms with Gasteiger partial charge in [-0.25, -0.2) is 0 Å². The molecule has 0 saturated heterocycles.